The summed E-state index contributed by atoms with van der Waals surface area (Å²) in [5, 5.41) is 6.97. The Labute approximate surface area is 170 Å². The molecule has 5 rings (SSSR count). The molecule has 146 valence electrons. The number of amides is 2. The van der Waals surface area contributed by atoms with Crippen LogP contribution in [0.1, 0.15) is 44.1 Å². The average molecular weight is 409 g/mol. The van der Waals surface area contributed by atoms with Crippen LogP contribution in [0.5, 0.6) is 0 Å². The van der Waals surface area contributed by atoms with E-state index in [1.165, 1.54) is 19.3 Å². The van der Waals surface area contributed by atoms with Crippen molar-refractivity contribution >= 4 is 35.0 Å². The van der Waals surface area contributed by atoms with Gasteiger partial charge in [0.2, 0.25) is 11.8 Å². The molecule has 6 heteroatoms. The number of carbonyl (C=O) groups excluding carboxylic acids is 2. The van der Waals surface area contributed by atoms with Gasteiger partial charge in [0.25, 0.3) is 0 Å². The van der Waals surface area contributed by atoms with E-state index >= 15 is 0 Å². The second-order valence-electron chi connectivity index (χ2n) is 8.72. The second kappa shape index (κ2) is 7.63. The van der Waals surface area contributed by atoms with Crippen molar-refractivity contribution in [2.45, 2.75) is 44.9 Å². The number of benzene rings is 1. The van der Waals surface area contributed by atoms with Crippen molar-refractivity contribution in [1.29, 1.82) is 0 Å². The highest BCUT2D eigenvalue weighted by Gasteiger charge is 2.54. The van der Waals surface area contributed by atoms with E-state index in [-0.39, 0.29) is 23.8 Å². The van der Waals surface area contributed by atoms with Gasteiger partial charge in [0.1, 0.15) is 0 Å². The predicted molar refractivity (Wildman–Crippen MR) is 107 cm³/mol. The monoisotopic (exact) mass is 408 g/mol. The van der Waals surface area contributed by atoms with Gasteiger partial charge in [-0.1, -0.05) is 29.3 Å². The fourth-order valence-corrected chi connectivity index (χ4v) is 6.36. The van der Waals surface area contributed by atoms with Gasteiger partial charge in [-0.25, -0.2) is 0 Å². The molecule has 4 nitrogen and oxygen atoms in total. The van der Waals surface area contributed by atoms with Crippen LogP contribution in [0.3, 0.4) is 0 Å². The summed E-state index contributed by atoms with van der Waals surface area (Å²) in [6, 6.07) is 5.36. The first kappa shape index (κ1) is 19.1. The third-order valence-electron chi connectivity index (χ3n) is 6.66. The summed E-state index contributed by atoms with van der Waals surface area (Å²) in [6.07, 6.45) is 7.59. The molecule has 4 bridgehead atoms. The Bertz CT molecular complexity index is 714. The lowest BCUT2D eigenvalue weighted by Crippen LogP contribution is -2.54. The molecule has 1 aromatic carbocycles. The first-order valence-corrected chi connectivity index (χ1v) is 10.7. The maximum absolute atomic E-state index is 12.9. The Balaban J connectivity index is 1.23. The zero-order valence-electron chi connectivity index (χ0n) is 15.4. The van der Waals surface area contributed by atoms with Crippen molar-refractivity contribution in [3.63, 3.8) is 0 Å². The number of hydrogen-bond donors (Lipinski definition) is 2. The first-order valence-electron chi connectivity index (χ1n) is 9.92. The Morgan fingerprint density at radius 3 is 2.22 bits per heavy atom. The molecule has 27 heavy (non-hydrogen) atoms. The molecule has 2 N–H and O–H groups in total. The van der Waals surface area contributed by atoms with Crippen LogP contribution >= 0.6 is 23.2 Å². The third kappa shape index (κ3) is 4.12. The molecule has 0 unspecified atom stereocenters. The van der Waals surface area contributed by atoms with Gasteiger partial charge in [0, 0.05) is 22.0 Å². The summed E-state index contributed by atoms with van der Waals surface area (Å²) in [4.78, 5) is 25.0. The smallest absolute Gasteiger partial charge is 0.239 e. The van der Waals surface area contributed by atoms with Crippen molar-refractivity contribution in [3.8, 4) is 0 Å². The summed E-state index contributed by atoms with van der Waals surface area (Å²) >= 11 is 12.0. The maximum atomic E-state index is 12.9. The highest BCUT2D eigenvalue weighted by atomic mass is 35.5. The minimum Gasteiger partial charge on any atom is -0.354 e. The highest BCUT2D eigenvalue weighted by Crippen LogP contribution is 2.60. The van der Waals surface area contributed by atoms with Crippen molar-refractivity contribution < 1.29 is 9.59 Å². The zero-order valence-corrected chi connectivity index (χ0v) is 16.9. The topological polar surface area (TPSA) is 58.2 Å². The van der Waals surface area contributed by atoms with Gasteiger partial charge >= 0.3 is 0 Å². The molecule has 0 aliphatic heterocycles. The molecule has 0 heterocycles. The molecule has 4 aliphatic carbocycles. The fraction of sp³-hybridized carbons (Fsp3) is 0.619. The van der Waals surface area contributed by atoms with E-state index in [2.05, 4.69) is 10.6 Å². The summed E-state index contributed by atoms with van der Waals surface area (Å²) in [7, 11) is 0. The molecule has 4 aliphatic rings. The minimum atomic E-state index is -0.203. The number of hydrogen-bond acceptors (Lipinski definition) is 2. The van der Waals surface area contributed by atoms with Gasteiger partial charge in [-0.15, -0.1) is 0 Å². The minimum absolute atomic E-state index is 0.0505. The van der Waals surface area contributed by atoms with Gasteiger partial charge in [-0.05, 0) is 80.4 Å². The summed E-state index contributed by atoms with van der Waals surface area (Å²) in [6.45, 7) is 0.530. The van der Waals surface area contributed by atoms with E-state index in [1.54, 1.807) is 12.1 Å². The number of carbonyl (C=O) groups is 2. The molecular formula is C21H26Cl2N2O2. The summed E-state index contributed by atoms with van der Waals surface area (Å²) < 4.78 is 0. The van der Waals surface area contributed by atoms with E-state index < -0.39 is 0 Å². The second-order valence-corrected chi connectivity index (χ2v) is 9.56. The van der Waals surface area contributed by atoms with Gasteiger partial charge in [0.15, 0.2) is 0 Å². The molecule has 0 radical (unpaired) electrons. The van der Waals surface area contributed by atoms with Gasteiger partial charge in [0.05, 0.1) is 6.54 Å². The fourth-order valence-electron chi connectivity index (χ4n) is 5.86. The Morgan fingerprint density at radius 1 is 1.00 bits per heavy atom. The molecule has 4 saturated carbocycles. The summed E-state index contributed by atoms with van der Waals surface area (Å²) in [5.41, 5.74) is 0.741. The maximum Gasteiger partial charge on any atom is 0.239 e. The lowest BCUT2D eigenvalue weighted by Gasteiger charge is -2.55. The van der Waals surface area contributed by atoms with Crippen LogP contribution in [0.15, 0.2) is 18.2 Å². The van der Waals surface area contributed by atoms with Crippen molar-refractivity contribution in [2.24, 2.45) is 23.2 Å². The largest absolute Gasteiger partial charge is 0.354 e. The van der Waals surface area contributed by atoms with Gasteiger partial charge in [-0.2, -0.15) is 0 Å². The van der Waals surface area contributed by atoms with E-state index in [9.17, 15) is 9.59 Å². The van der Waals surface area contributed by atoms with E-state index in [4.69, 9.17) is 23.2 Å². The molecule has 4 fully saturated rings. The number of rotatable bonds is 6. The standard InChI is InChI=1S/C21H26Cl2N2O2/c22-17-2-1-16(18(23)8-17)3-4-24-19(26)12-25-20(27)21-9-13-5-14(10-21)7-15(6-13)11-21/h1-2,8,13-15H,3-7,9-12H2,(H,24,26)(H,25,27). The number of nitrogens with one attached hydrogen (secondary N) is 2. The van der Waals surface area contributed by atoms with Crippen LogP contribution in [-0.4, -0.2) is 24.9 Å². The van der Waals surface area contributed by atoms with E-state index in [0.29, 0.717) is 23.0 Å². The Hall–Kier alpha value is -1.26. The van der Waals surface area contributed by atoms with E-state index in [0.717, 1.165) is 42.6 Å². The third-order valence-corrected chi connectivity index (χ3v) is 7.25. The van der Waals surface area contributed by atoms with Gasteiger partial charge < -0.3 is 10.6 Å². The van der Waals surface area contributed by atoms with Crippen LogP contribution in [-0.2, 0) is 16.0 Å². The molecule has 0 aromatic heterocycles. The molecular weight excluding hydrogens is 383 g/mol. The molecule has 0 atom stereocenters. The molecule has 0 spiro atoms. The van der Waals surface area contributed by atoms with Crippen LogP contribution in [0.2, 0.25) is 10.0 Å². The summed E-state index contributed by atoms with van der Waals surface area (Å²) in [5.74, 6) is 2.11. The van der Waals surface area contributed by atoms with Crippen molar-refractivity contribution in [2.75, 3.05) is 13.1 Å². The van der Waals surface area contributed by atoms with Crippen LogP contribution in [0.4, 0.5) is 0 Å². The lowest BCUT2D eigenvalue weighted by molar-refractivity contribution is -0.147. The quantitative estimate of drug-likeness (QED) is 0.747. The van der Waals surface area contributed by atoms with Crippen molar-refractivity contribution in [3.05, 3.63) is 33.8 Å². The van der Waals surface area contributed by atoms with Crippen molar-refractivity contribution in [1.82, 2.24) is 10.6 Å². The first-order chi connectivity index (χ1) is 12.9. The SMILES string of the molecule is O=C(CNC(=O)C12CC3CC(CC(C3)C1)C2)NCCc1ccc(Cl)cc1Cl. The molecule has 1 aromatic rings. The van der Waals surface area contributed by atoms with E-state index in [1.807, 2.05) is 6.07 Å². The molecule has 2 amide bonds. The predicted octanol–water partition coefficient (Wildman–Crippen LogP) is 3.98. The van der Waals surface area contributed by atoms with Gasteiger partial charge in [-0.3, -0.25) is 9.59 Å². The normalized spacial score (nSPS) is 31.0. The molecule has 0 saturated heterocycles. The average Bonchev–Trinajstić information content (AvgIpc) is 2.60. The highest BCUT2D eigenvalue weighted by molar-refractivity contribution is 6.35. The number of halogens is 2. The van der Waals surface area contributed by atoms with Crippen LogP contribution < -0.4 is 10.6 Å². The van der Waals surface area contributed by atoms with Crippen LogP contribution in [0.25, 0.3) is 0 Å². The lowest BCUT2D eigenvalue weighted by atomic mass is 9.49. The van der Waals surface area contributed by atoms with Crippen LogP contribution in [0, 0.1) is 23.2 Å². The Morgan fingerprint density at radius 2 is 1.63 bits per heavy atom. The zero-order chi connectivity index (χ0) is 19.0. The Kier molecular flexibility index (Phi) is 5.39.